The minimum atomic E-state index is -0.573. The first-order valence-corrected chi connectivity index (χ1v) is 21.3. The van der Waals surface area contributed by atoms with Crippen LogP contribution in [0.25, 0.3) is 22.5 Å². The maximum Gasteiger partial charge on any atom is 0.407 e. The summed E-state index contributed by atoms with van der Waals surface area (Å²) in [5.74, 6) is 8.95. The number of likely N-dealkylation sites (tertiary alicyclic amines) is 1. The molecule has 0 saturated carbocycles. The summed E-state index contributed by atoms with van der Waals surface area (Å²) in [5.41, 5.74) is 9.12. The van der Waals surface area contributed by atoms with Crippen molar-refractivity contribution in [3.8, 4) is 34.4 Å². The predicted octanol–water partition coefficient (Wildman–Crippen LogP) is 6.55. The van der Waals surface area contributed by atoms with Gasteiger partial charge in [0, 0.05) is 35.3 Å². The van der Waals surface area contributed by atoms with E-state index in [0.717, 1.165) is 84.8 Å². The first kappa shape index (κ1) is 49.6. The molecular formula is C47H66N8O6. The summed E-state index contributed by atoms with van der Waals surface area (Å²) in [6.07, 6.45) is 11.6. The minimum absolute atomic E-state index is 0.0309. The molecule has 3 heterocycles. The summed E-state index contributed by atoms with van der Waals surface area (Å²) in [7, 11) is 6.55. The Bertz CT molecular complexity index is 2010. The van der Waals surface area contributed by atoms with Gasteiger partial charge in [0.2, 0.25) is 5.91 Å². The van der Waals surface area contributed by atoms with Crippen molar-refractivity contribution in [1.29, 1.82) is 0 Å². The number of hydrogen-bond acceptors (Lipinski definition) is 10. The number of aryl methyl sites for hydroxylation is 3. The van der Waals surface area contributed by atoms with E-state index in [1.807, 2.05) is 20.0 Å². The van der Waals surface area contributed by atoms with E-state index < -0.39 is 12.1 Å². The number of likely N-dealkylation sites (N-methyl/N-ethyl adjacent to an activating group) is 1. The number of aromatic nitrogens is 4. The van der Waals surface area contributed by atoms with Crippen molar-refractivity contribution in [2.45, 2.75) is 97.6 Å². The highest BCUT2D eigenvalue weighted by Gasteiger charge is 2.28. The lowest BCUT2D eigenvalue weighted by atomic mass is 9.99. The Morgan fingerprint density at radius 1 is 1.00 bits per heavy atom. The van der Waals surface area contributed by atoms with E-state index in [0.29, 0.717) is 31.9 Å². The average Bonchev–Trinajstić information content (AvgIpc) is 4.00. The molecule has 5 N–H and O–H groups in total. The number of nitrogens with zero attached hydrogens (tertiary/aromatic N) is 3. The van der Waals surface area contributed by atoms with Crippen molar-refractivity contribution in [3.63, 3.8) is 0 Å². The Hall–Kier alpha value is -5.78. The van der Waals surface area contributed by atoms with Crippen LogP contribution in [0, 0.1) is 17.8 Å². The number of hydrogen-bond donors (Lipinski definition) is 5. The normalized spacial score (nSPS) is 14.3. The first-order valence-electron chi connectivity index (χ1n) is 21.3. The van der Waals surface area contributed by atoms with Gasteiger partial charge in [0.25, 0.3) is 6.47 Å². The lowest BCUT2D eigenvalue weighted by molar-refractivity contribution is -0.126. The molecule has 4 aromatic rings. The molecule has 2 aromatic carbocycles. The molecule has 1 aliphatic heterocycles. The highest BCUT2D eigenvalue weighted by atomic mass is 16.5. The third-order valence-corrected chi connectivity index (χ3v) is 9.97. The van der Waals surface area contributed by atoms with Gasteiger partial charge in [0.05, 0.1) is 50.4 Å². The molecule has 330 valence electrons. The molecule has 2 aromatic heterocycles. The molecule has 2 atom stereocenters. The van der Waals surface area contributed by atoms with Gasteiger partial charge in [-0.3, -0.25) is 14.5 Å². The van der Waals surface area contributed by atoms with Gasteiger partial charge in [-0.25, -0.2) is 14.8 Å². The molecular weight excluding hydrogens is 773 g/mol. The number of nitrogens with one attached hydrogen (secondary N) is 5. The van der Waals surface area contributed by atoms with Crippen molar-refractivity contribution in [2.75, 3.05) is 47.9 Å². The van der Waals surface area contributed by atoms with Crippen LogP contribution >= 0.6 is 0 Å². The highest BCUT2D eigenvalue weighted by molar-refractivity contribution is 5.77. The average molecular weight is 839 g/mol. The summed E-state index contributed by atoms with van der Waals surface area (Å²) in [6, 6.07) is 14.9. The Balaban J connectivity index is 0.000000465. The molecule has 61 heavy (non-hydrogen) atoms. The number of rotatable bonds is 13. The number of ether oxygens (including phenoxy) is 2. The second-order valence-electron chi connectivity index (χ2n) is 15.3. The number of aromatic amines is 2. The molecule has 6 rings (SSSR count). The standard InChI is InChI=1S/C35H41N7O.C7H13NO3.C3H8.C2H4O2/c1-36-23-33(43)37-19-4-3-10-32-38-22-30(39-32)26-16-13-24(14-17-26)11-12-25-15-18-28-27(21-25)7-5-8-29-34(28)41-35(40-29)31-9-6-20-42(31)2;1-5(2)6(4-9)8-7(10)11-3;1-3-2;1-4-2-3/h13-18,21-22,31,36H,3-10,19-20,23H2,1-2H3,(H,37,43)(H,38,39)(H,40,41);4-6H,1-3H3,(H,8,10);3H2,1-2H3;2H,1H3. The lowest BCUT2D eigenvalue weighted by Gasteiger charge is -2.16. The minimum Gasteiger partial charge on any atom is -0.471 e. The summed E-state index contributed by atoms with van der Waals surface area (Å²) in [6.45, 7) is 10.5. The first-order chi connectivity index (χ1) is 29.5. The maximum absolute atomic E-state index is 11.5. The lowest BCUT2D eigenvalue weighted by Crippen LogP contribution is -2.39. The number of unbranched alkanes of at least 4 members (excludes halogenated alkanes) is 1. The summed E-state index contributed by atoms with van der Waals surface area (Å²) in [4.78, 5) is 60.6. The Labute approximate surface area is 361 Å². The van der Waals surface area contributed by atoms with E-state index in [-0.39, 0.29) is 11.8 Å². The zero-order valence-corrected chi connectivity index (χ0v) is 37.3. The van der Waals surface area contributed by atoms with Crippen LogP contribution in [0.1, 0.15) is 106 Å². The number of aldehydes is 1. The van der Waals surface area contributed by atoms with E-state index in [1.54, 1.807) is 7.05 Å². The molecule has 1 aliphatic carbocycles. The Morgan fingerprint density at radius 3 is 2.33 bits per heavy atom. The van der Waals surface area contributed by atoms with Crippen LogP contribution in [-0.4, -0.2) is 104 Å². The third kappa shape index (κ3) is 16.3. The Morgan fingerprint density at radius 2 is 1.70 bits per heavy atom. The molecule has 2 aliphatic rings. The number of imidazole rings is 2. The second kappa shape index (κ2) is 27.1. The number of amides is 2. The molecule has 1 fully saturated rings. The number of carbonyl (C=O) groups excluding carboxylic acids is 4. The van der Waals surface area contributed by atoms with Crippen molar-refractivity contribution in [2.24, 2.45) is 5.92 Å². The summed E-state index contributed by atoms with van der Waals surface area (Å²) in [5, 5.41) is 8.15. The van der Waals surface area contributed by atoms with Crippen molar-refractivity contribution >= 4 is 24.8 Å². The van der Waals surface area contributed by atoms with E-state index in [1.165, 1.54) is 50.3 Å². The van der Waals surface area contributed by atoms with Crippen molar-refractivity contribution in [3.05, 3.63) is 82.7 Å². The Kier molecular flexibility index (Phi) is 22.1. The zero-order chi connectivity index (χ0) is 44.6. The quantitative estimate of drug-likeness (QED) is 0.0562. The van der Waals surface area contributed by atoms with Gasteiger partial charge < -0.3 is 40.2 Å². The number of alkyl carbamates (subject to hydrolysis) is 1. The third-order valence-electron chi connectivity index (χ3n) is 9.97. The molecule has 2 unspecified atom stereocenters. The second-order valence-corrected chi connectivity index (χ2v) is 15.3. The van der Waals surface area contributed by atoms with Crippen LogP contribution in [-0.2, 0) is 43.1 Å². The number of methoxy groups -OCH3 is 2. The molecule has 0 spiro atoms. The van der Waals surface area contributed by atoms with Crippen LogP contribution in [0.2, 0.25) is 0 Å². The maximum atomic E-state index is 11.5. The van der Waals surface area contributed by atoms with E-state index >= 15 is 0 Å². The van der Waals surface area contributed by atoms with Gasteiger partial charge in [0.1, 0.15) is 17.9 Å². The number of benzene rings is 2. The van der Waals surface area contributed by atoms with Gasteiger partial charge in [0.15, 0.2) is 0 Å². The fourth-order valence-corrected chi connectivity index (χ4v) is 6.75. The molecule has 0 bridgehead atoms. The van der Waals surface area contributed by atoms with Crippen LogP contribution in [0.15, 0.2) is 48.7 Å². The number of H-pyrrole nitrogens is 2. The van der Waals surface area contributed by atoms with Gasteiger partial charge >= 0.3 is 6.09 Å². The smallest absolute Gasteiger partial charge is 0.407 e. The van der Waals surface area contributed by atoms with Gasteiger partial charge in [-0.15, -0.1) is 0 Å². The fourth-order valence-electron chi connectivity index (χ4n) is 6.75. The number of fused-ring (bicyclic) bond motifs is 3. The SMILES string of the molecule is CCC.CNCC(=O)NCCCCc1ncc(-c2ccc(C#Cc3ccc4c(c3)CCCc3[nH]c(C5CCCN5C)nc3-4)cc2)[nH]1.COC(=O)NC(C=O)C(C)C.COC=O. The zero-order valence-electron chi connectivity index (χ0n) is 37.3. The van der Waals surface area contributed by atoms with Crippen molar-refractivity contribution in [1.82, 2.24) is 40.8 Å². The van der Waals surface area contributed by atoms with Crippen LogP contribution in [0.5, 0.6) is 0 Å². The van der Waals surface area contributed by atoms with Crippen LogP contribution < -0.4 is 16.0 Å². The van der Waals surface area contributed by atoms with Gasteiger partial charge in [-0.2, -0.15) is 0 Å². The highest BCUT2D eigenvalue weighted by Crippen LogP contribution is 2.35. The van der Waals surface area contributed by atoms with E-state index in [2.05, 4.69) is 120 Å². The monoisotopic (exact) mass is 839 g/mol. The van der Waals surface area contributed by atoms with Gasteiger partial charge in [-0.1, -0.05) is 64.2 Å². The molecule has 14 nitrogen and oxygen atoms in total. The topological polar surface area (TPSA) is 183 Å². The molecule has 2 amide bonds. The summed E-state index contributed by atoms with van der Waals surface area (Å²) >= 11 is 0. The van der Waals surface area contributed by atoms with Crippen LogP contribution in [0.3, 0.4) is 0 Å². The van der Waals surface area contributed by atoms with Gasteiger partial charge in [-0.05, 0) is 107 Å². The van der Waals surface area contributed by atoms with E-state index in [4.69, 9.17) is 9.78 Å². The van der Waals surface area contributed by atoms with E-state index in [9.17, 15) is 14.4 Å². The van der Waals surface area contributed by atoms with Crippen LogP contribution in [0.4, 0.5) is 4.79 Å². The van der Waals surface area contributed by atoms with Crippen molar-refractivity contribution < 1.29 is 28.7 Å². The summed E-state index contributed by atoms with van der Waals surface area (Å²) < 4.78 is 8.18. The molecule has 14 heteroatoms. The molecule has 0 radical (unpaired) electrons. The largest absolute Gasteiger partial charge is 0.471 e. The predicted molar refractivity (Wildman–Crippen MR) is 240 cm³/mol. The fraction of sp³-hybridized carbons (Fsp3) is 0.489. The molecule has 1 saturated heterocycles. The number of carbonyl (C=O) groups is 4.